The highest BCUT2D eigenvalue weighted by atomic mass is 16.5. The quantitative estimate of drug-likeness (QED) is 0.647. The number of ether oxygens (including phenoxy) is 2. The van der Waals surface area contributed by atoms with E-state index in [2.05, 4.69) is 11.9 Å². The molecule has 0 saturated carbocycles. The molecule has 1 fully saturated rings. The summed E-state index contributed by atoms with van der Waals surface area (Å²) in [5.74, 6) is 0.585. The van der Waals surface area contributed by atoms with Crippen LogP contribution in [0.2, 0.25) is 0 Å². The number of primary amides is 1. The molecule has 9 heteroatoms. The lowest BCUT2D eigenvalue weighted by atomic mass is 9.87. The minimum absolute atomic E-state index is 0.0134. The number of rotatable bonds is 6. The van der Waals surface area contributed by atoms with E-state index in [4.69, 9.17) is 24.4 Å². The van der Waals surface area contributed by atoms with E-state index in [1.165, 1.54) is 13.2 Å². The second-order valence-corrected chi connectivity index (χ2v) is 8.43. The van der Waals surface area contributed by atoms with Gasteiger partial charge in [-0.1, -0.05) is 6.58 Å². The number of benzene rings is 1. The van der Waals surface area contributed by atoms with Gasteiger partial charge < -0.3 is 25.4 Å². The topological polar surface area (TPSA) is 112 Å². The van der Waals surface area contributed by atoms with Gasteiger partial charge in [-0.15, -0.1) is 0 Å². The van der Waals surface area contributed by atoms with Crippen molar-refractivity contribution in [3.8, 4) is 22.8 Å². The van der Waals surface area contributed by atoms with Crippen LogP contribution < -0.4 is 20.5 Å². The van der Waals surface area contributed by atoms with Gasteiger partial charge in [0, 0.05) is 30.8 Å². The number of methoxy groups -OCH3 is 2. The fourth-order valence-corrected chi connectivity index (χ4v) is 4.93. The molecule has 2 amide bonds. The molecule has 1 unspecified atom stereocenters. The molecule has 3 heterocycles. The SMILES string of the molecule is [2H]C([2H])([2H])Oc1cc(-c2nn3c(c2C(N)=O)NCCC3C2CCN(C(=O)C=C)CC2)cc(OC)c1C. The second-order valence-electron chi connectivity index (χ2n) is 8.43. The van der Waals surface area contributed by atoms with E-state index in [0.29, 0.717) is 48.0 Å². The van der Waals surface area contributed by atoms with E-state index in [-0.39, 0.29) is 29.2 Å². The van der Waals surface area contributed by atoms with E-state index in [1.807, 2.05) is 4.68 Å². The van der Waals surface area contributed by atoms with Gasteiger partial charge >= 0.3 is 0 Å². The monoisotopic (exact) mass is 456 g/mol. The summed E-state index contributed by atoms with van der Waals surface area (Å²) in [6.07, 6.45) is 3.75. The first-order valence-corrected chi connectivity index (χ1v) is 11.0. The largest absolute Gasteiger partial charge is 0.496 e. The minimum atomic E-state index is -2.66. The number of carbonyl (C=O) groups is 2. The van der Waals surface area contributed by atoms with Crippen LogP contribution >= 0.6 is 0 Å². The van der Waals surface area contributed by atoms with Gasteiger partial charge in [0.25, 0.3) is 5.91 Å². The Morgan fingerprint density at radius 2 is 1.97 bits per heavy atom. The number of nitrogens with two attached hydrogens (primary N) is 1. The van der Waals surface area contributed by atoms with Crippen molar-refractivity contribution in [3.63, 3.8) is 0 Å². The van der Waals surface area contributed by atoms with Gasteiger partial charge in [-0.05, 0) is 50.3 Å². The lowest BCUT2D eigenvalue weighted by molar-refractivity contribution is -0.127. The van der Waals surface area contributed by atoms with Gasteiger partial charge in [0.15, 0.2) is 0 Å². The Kier molecular flexibility index (Phi) is 5.29. The Balaban J connectivity index is 1.75. The third kappa shape index (κ3) is 4.03. The number of nitrogens with zero attached hydrogens (tertiary/aromatic N) is 3. The maximum absolute atomic E-state index is 12.6. The smallest absolute Gasteiger partial charge is 0.254 e. The number of hydrogen-bond acceptors (Lipinski definition) is 6. The zero-order valence-corrected chi connectivity index (χ0v) is 18.9. The molecule has 1 aromatic carbocycles. The standard InChI is InChI=1S/C24H31N5O4/c1-5-20(30)28-10-7-15(8-11-28)17-6-9-26-24-21(23(25)31)22(27-29(17)24)16-12-18(32-3)14(2)19(13-16)33-4/h5,12-13,15,17,26H,1,6-11H2,2-4H3,(H2,25,31)/i3D3. The first kappa shape index (κ1) is 19.0. The minimum Gasteiger partial charge on any atom is -0.496 e. The van der Waals surface area contributed by atoms with Crippen LogP contribution in [0, 0.1) is 12.8 Å². The number of carbonyl (C=O) groups excluding carboxylic acids is 2. The number of hydrogen-bond donors (Lipinski definition) is 2. The summed E-state index contributed by atoms with van der Waals surface area (Å²) in [6, 6.07) is 3.25. The molecule has 2 aromatic rings. The van der Waals surface area contributed by atoms with Crippen LogP contribution in [0.5, 0.6) is 11.5 Å². The predicted molar refractivity (Wildman–Crippen MR) is 126 cm³/mol. The van der Waals surface area contributed by atoms with Gasteiger partial charge in [0.1, 0.15) is 28.6 Å². The third-order valence-corrected chi connectivity index (χ3v) is 6.69. The van der Waals surface area contributed by atoms with E-state index >= 15 is 0 Å². The van der Waals surface area contributed by atoms with Crippen LogP contribution in [0.15, 0.2) is 24.8 Å². The van der Waals surface area contributed by atoms with Crippen LogP contribution in [0.4, 0.5) is 5.82 Å². The molecule has 9 nitrogen and oxygen atoms in total. The summed E-state index contributed by atoms with van der Waals surface area (Å²) >= 11 is 0. The zero-order valence-electron chi connectivity index (χ0n) is 21.9. The average Bonchev–Trinajstić information content (AvgIpc) is 3.24. The molecule has 2 aliphatic heterocycles. The van der Waals surface area contributed by atoms with Crippen LogP contribution in [0.3, 0.4) is 0 Å². The summed E-state index contributed by atoms with van der Waals surface area (Å²) in [5.41, 5.74) is 7.33. The van der Waals surface area contributed by atoms with Gasteiger partial charge in [0.2, 0.25) is 5.91 Å². The fourth-order valence-electron chi connectivity index (χ4n) is 4.93. The molecule has 3 N–H and O–H groups in total. The number of amides is 2. The van der Waals surface area contributed by atoms with Crippen LogP contribution in [0.1, 0.15) is 45.3 Å². The summed E-state index contributed by atoms with van der Waals surface area (Å²) < 4.78 is 35.0. The fraction of sp³-hybridized carbons (Fsp3) is 0.458. The molecule has 0 bridgehead atoms. The Morgan fingerprint density at radius 3 is 2.58 bits per heavy atom. The van der Waals surface area contributed by atoms with Crippen molar-refractivity contribution in [3.05, 3.63) is 35.9 Å². The summed E-state index contributed by atoms with van der Waals surface area (Å²) in [6.45, 7) is 7.18. The number of piperidine rings is 1. The van der Waals surface area contributed by atoms with E-state index in [9.17, 15) is 9.59 Å². The molecule has 1 aromatic heterocycles. The van der Waals surface area contributed by atoms with Crippen LogP contribution in [0.25, 0.3) is 11.3 Å². The van der Waals surface area contributed by atoms with Crippen LogP contribution in [-0.2, 0) is 4.79 Å². The van der Waals surface area contributed by atoms with E-state index in [0.717, 1.165) is 19.3 Å². The normalized spacial score (nSPS) is 20.0. The van der Waals surface area contributed by atoms with Gasteiger partial charge in [-0.25, -0.2) is 4.68 Å². The molecule has 4 rings (SSSR count). The summed E-state index contributed by atoms with van der Waals surface area (Å²) in [5, 5.41) is 8.09. The predicted octanol–water partition coefficient (Wildman–Crippen LogP) is 2.76. The summed E-state index contributed by atoms with van der Waals surface area (Å²) in [7, 11) is -1.19. The first-order chi connectivity index (χ1) is 17.0. The molecule has 1 saturated heterocycles. The summed E-state index contributed by atoms with van der Waals surface area (Å²) in [4.78, 5) is 26.4. The Morgan fingerprint density at radius 1 is 1.27 bits per heavy atom. The van der Waals surface area contributed by atoms with Crippen LogP contribution in [-0.4, -0.2) is 60.3 Å². The Labute approximate surface area is 197 Å². The van der Waals surface area contributed by atoms with Crippen molar-refractivity contribution in [2.45, 2.75) is 32.2 Å². The Bertz CT molecular complexity index is 1190. The molecular formula is C24H31N5O4. The van der Waals surface area contributed by atoms with Crippen molar-refractivity contribution in [2.75, 3.05) is 39.1 Å². The lowest BCUT2D eigenvalue weighted by Crippen LogP contribution is -2.41. The second kappa shape index (κ2) is 9.17. The molecule has 0 radical (unpaired) electrons. The molecule has 0 aliphatic carbocycles. The van der Waals surface area contributed by atoms with Crippen molar-refractivity contribution in [1.82, 2.24) is 14.7 Å². The number of anilines is 1. The maximum atomic E-state index is 12.6. The lowest BCUT2D eigenvalue weighted by Gasteiger charge is -2.38. The van der Waals surface area contributed by atoms with Crippen molar-refractivity contribution in [1.29, 1.82) is 0 Å². The molecule has 0 spiro atoms. The number of fused-ring (bicyclic) bond motifs is 1. The van der Waals surface area contributed by atoms with Crippen molar-refractivity contribution >= 4 is 17.6 Å². The molecule has 1 atom stereocenters. The Hall–Kier alpha value is -3.49. The number of nitrogens with one attached hydrogen (secondary N) is 1. The first-order valence-electron chi connectivity index (χ1n) is 12.5. The highest BCUT2D eigenvalue weighted by Crippen LogP contribution is 2.42. The zero-order chi connectivity index (χ0) is 26.2. The number of aromatic nitrogens is 2. The molecular weight excluding hydrogens is 422 g/mol. The van der Waals surface area contributed by atoms with E-state index in [1.54, 1.807) is 24.0 Å². The highest BCUT2D eigenvalue weighted by molar-refractivity contribution is 6.04. The molecule has 33 heavy (non-hydrogen) atoms. The molecule has 2 aliphatic rings. The highest BCUT2D eigenvalue weighted by Gasteiger charge is 2.36. The number of likely N-dealkylation sites (tertiary alicyclic amines) is 1. The average molecular weight is 457 g/mol. The third-order valence-electron chi connectivity index (χ3n) is 6.69. The van der Waals surface area contributed by atoms with Crippen molar-refractivity contribution in [2.24, 2.45) is 11.7 Å². The van der Waals surface area contributed by atoms with Gasteiger partial charge in [-0.2, -0.15) is 5.10 Å². The van der Waals surface area contributed by atoms with Gasteiger partial charge in [-0.3, -0.25) is 9.59 Å². The van der Waals surface area contributed by atoms with Gasteiger partial charge in [0.05, 0.1) is 24.3 Å². The molecule has 176 valence electrons. The van der Waals surface area contributed by atoms with E-state index < -0.39 is 12.9 Å². The maximum Gasteiger partial charge on any atom is 0.254 e. The van der Waals surface area contributed by atoms with Crippen molar-refractivity contribution < 1.29 is 23.2 Å².